The van der Waals surface area contributed by atoms with E-state index in [0.717, 1.165) is 19.6 Å². The second kappa shape index (κ2) is 8.28. The molecule has 3 nitrogen and oxygen atoms in total. The molecule has 118 valence electrons. The molecule has 0 spiro atoms. The largest absolute Gasteiger partial charge is 0.372 e. The van der Waals surface area contributed by atoms with Crippen LogP contribution in [-0.4, -0.2) is 43.3 Å². The summed E-state index contributed by atoms with van der Waals surface area (Å²) in [7, 11) is 2.17. The number of halogens is 1. The van der Waals surface area contributed by atoms with E-state index in [2.05, 4.69) is 71.3 Å². The highest BCUT2D eigenvalue weighted by molar-refractivity contribution is 9.10. The second-order valence-electron chi connectivity index (χ2n) is 6.31. The predicted molar refractivity (Wildman–Crippen MR) is 91.5 cm³/mol. The van der Waals surface area contributed by atoms with E-state index < -0.39 is 0 Å². The smallest absolute Gasteiger partial charge is 0.0707 e. The quantitative estimate of drug-likeness (QED) is 0.811. The Morgan fingerprint density at radius 1 is 1.29 bits per heavy atom. The monoisotopic (exact) mass is 354 g/mol. The Bertz CT molecular complexity index is 439. The van der Waals surface area contributed by atoms with Crippen molar-refractivity contribution < 1.29 is 4.74 Å². The van der Waals surface area contributed by atoms with Crippen molar-refractivity contribution in [3.05, 3.63) is 34.3 Å². The van der Waals surface area contributed by atoms with Gasteiger partial charge in [0.15, 0.2) is 0 Å². The van der Waals surface area contributed by atoms with Crippen LogP contribution in [0.2, 0.25) is 0 Å². The molecule has 1 aromatic rings. The minimum Gasteiger partial charge on any atom is -0.372 e. The van der Waals surface area contributed by atoms with E-state index in [-0.39, 0.29) is 0 Å². The van der Waals surface area contributed by atoms with Crippen molar-refractivity contribution in [2.45, 2.75) is 51.5 Å². The van der Waals surface area contributed by atoms with Crippen LogP contribution < -0.4 is 5.32 Å². The Morgan fingerprint density at radius 3 is 2.71 bits per heavy atom. The maximum atomic E-state index is 6.13. The molecule has 2 unspecified atom stereocenters. The molecule has 1 fully saturated rings. The van der Waals surface area contributed by atoms with Gasteiger partial charge < -0.3 is 10.1 Å². The van der Waals surface area contributed by atoms with Gasteiger partial charge >= 0.3 is 0 Å². The minimum atomic E-state index is 0.372. The molecule has 21 heavy (non-hydrogen) atoms. The van der Waals surface area contributed by atoms with E-state index >= 15 is 0 Å². The van der Waals surface area contributed by atoms with Crippen molar-refractivity contribution in [1.29, 1.82) is 0 Å². The van der Waals surface area contributed by atoms with Gasteiger partial charge in [-0.1, -0.05) is 48.0 Å². The van der Waals surface area contributed by atoms with Crippen LogP contribution in [0.4, 0.5) is 0 Å². The number of benzene rings is 1. The molecule has 1 heterocycles. The highest BCUT2D eigenvalue weighted by Crippen LogP contribution is 2.22. The van der Waals surface area contributed by atoms with Gasteiger partial charge in [0.05, 0.1) is 12.2 Å². The first kappa shape index (κ1) is 16.9. The number of hydrogen-bond donors (Lipinski definition) is 1. The molecule has 0 aliphatic carbocycles. The Balaban J connectivity index is 1.74. The summed E-state index contributed by atoms with van der Waals surface area (Å²) in [6, 6.07) is 8.95. The van der Waals surface area contributed by atoms with Crippen LogP contribution in [0.1, 0.15) is 32.3 Å². The summed E-state index contributed by atoms with van der Waals surface area (Å²) in [5.74, 6) is 0. The molecule has 1 aromatic carbocycles. The van der Waals surface area contributed by atoms with Crippen LogP contribution in [-0.2, 0) is 11.3 Å². The Hall–Kier alpha value is -0.420. The summed E-state index contributed by atoms with van der Waals surface area (Å²) < 4.78 is 7.32. The fourth-order valence-electron chi connectivity index (χ4n) is 2.76. The fourth-order valence-corrected chi connectivity index (χ4v) is 3.17. The zero-order valence-corrected chi connectivity index (χ0v) is 14.9. The lowest BCUT2D eigenvalue weighted by molar-refractivity contribution is 0.0259. The van der Waals surface area contributed by atoms with E-state index in [1.807, 2.05) is 0 Å². The van der Waals surface area contributed by atoms with Crippen molar-refractivity contribution in [1.82, 2.24) is 10.2 Å². The summed E-state index contributed by atoms with van der Waals surface area (Å²) >= 11 is 3.61. The Kier molecular flexibility index (Phi) is 6.68. The Labute approximate surface area is 137 Å². The molecule has 2 rings (SSSR count). The molecule has 0 bridgehead atoms. The third-order valence-electron chi connectivity index (χ3n) is 3.86. The first-order valence-electron chi connectivity index (χ1n) is 7.85. The second-order valence-corrected chi connectivity index (χ2v) is 7.16. The van der Waals surface area contributed by atoms with Gasteiger partial charge in [0.1, 0.15) is 0 Å². The molecule has 1 aliphatic heterocycles. The molecule has 2 atom stereocenters. The van der Waals surface area contributed by atoms with Crippen LogP contribution in [0.5, 0.6) is 0 Å². The van der Waals surface area contributed by atoms with Crippen molar-refractivity contribution in [2.24, 2.45) is 0 Å². The van der Waals surface area contributed by atoms with Gasteiger partial charge in [-0.05, 0) is 31.5 Å². The third kappa shape index (κ3) is 5.70. The van der Waals surface area contributed by atoms with Crippen molar-refractivity contribution in [2.75, 3.05) is 20.1 Å². The van der Waals surface area contributed by atoms with Gasteiger partial charge in [-0.25, -0.2) is 0 Å². The summed E-state index contributed by atoms with van der Waals surface area (Å²) in [5.41, 5.74) is 1.33. The third-order valence-corrected chi connectivity index (χ3v) is 4.64. The van der Waals surface area contributed by atoms with Crippen LogP contribution >= 0.6 is 15.9 Å². The molecule has 1 saturated heterocycles. The first-order valence-corrected chi connectivity index (χ1v) is 8.64. The fraction of sp³-hybridized carbons (Fsp3) is 0.647. The average molecular weight is 355 g/mol. The normalized spacial score (nSPS) is 22.4. The SMILES string of the molecule is CC(C)NCC1CCC(CN(C)Cc2ccccc2Br)O1. The number of rotatable bonds is 7. The molecule has 1 N–H and O–H groups in total. The Morgan fingerprint density at radius 2 is 2.00 bits per heavy atom. The number of likely N-dealkylation sites (N-methyl/N-ethyl adjacent to an activating group) is 1. The molecular formula is C17H27BrN2O. The maximum absolute atomic E-state index is 6.13. The van der Waals surface area contributed by atoms with Crippen LogP contribution in [0.25, 0.3) is 0 Å². The minimum absolute atomic E-state index is 0.372. The van der Waals surface area contributed by atoms with E-state index in [0.29, 0.717) is 18.2 Å². The highest BCUT2D eigenvalue weighted by atomic mass is 79.9. The summed E-state index contributed by atoms with van der Waals surface area (Å²) in [6.45, 7) is 7.29. The van der Waals surface area contributed by atoms with Gasteiger partial charge in [0, 0.05) is 30.1 Å². The highest BCUT2D eigenvalue weighted by Gasteiger charge is 2.26. The van der Waals surface area contributed by atoms with Crippen LogP contribution in [0.15, 0.2) is 28.7 Å². The van der Waals surface area contributed by atoms with Gasteiger partial charge in [-0.15, -0.1) is 0 Å². The van der Waals surface area contributed by atoms with E-state index in [4.69, 9.17) is 4.74 Å². The summed E-state index contributed by atoms with van der Waals surface area (Å²) in [5, 5.41) is 3.46. The molecule has 0 saturated carbocycles. The average Bonchev–Trinajstić information content (AvgIpc) is 2.86. The molecule has 0 amide bonds. The number of ether oxygens (including phenoxy) is 1. The zero-order valence-electron chi connectivity index (χ0n) is 13.3. The lowest BCUT2D eigenvalue weighted by atomic mass is 10.1. The first-order chi connectivity index (χ1) is 10.0. The lowest BCUT2D eigenvalue weighted by Gasteiger charge is -2.22. The molecule has 0 aromatic heterocycles. The molecule has 4 heteroatoms. The summed E-state index contributed by atoms with van der Waals surface area (Å²) in [4.78, 5) is 2.35. The van der Waals surface area contributed by atoms with Crippen molar-refractivity contribution in [3.63, 3.8) is 0 Å². The number of nitrogens with one attached hydrogen (secondary N) is 1. The summed E-state index contributed by atoms with van der Waals surface area (Å²) in [6.07, 6.45) is 3.10. The van der Waals surface area contributed by atoms with E-state index in [1.54, 1.807) is 0 Å². The number of nitrogens with zero attached hydrogens (tertiary/aromatic N) is 1. The lowest BCUT2D eigenvalue weighted by Crippen LogP contribution is -2.34. The van der Waals surface area contributed by atoms with Gasteiger partial charge in [0.25, 0.3) is 0 Å². The van der Waals surface area contributed by atoms with E-state index in [1.165, 1.54) is 22.9 Å². The van der Waals surface area contributed by atoms with Crippen molar-refractivity contribution in [3.8, 4) is 0 Å². The molecular weight excluding hydrogens is 328 g/mol. The predicted octanol–water partition coefficient (Wildman–Crippen LogP) is 3.43. The van der Waals surface area contributed by atoms with Crippen molar-refractivity contribution >= 4 is 15.9 Å². The van der Waals surface area contributed by atoms with Gasteiger partial charge in [0.2, 0.25) is 0 Å². The van der Waals surface area contributed by atoms with Crippen LogP contribution in [0.3, 0.4) is 0 Å². The molecule has 0 radical (unpaired) electrons. The standard InChI is InChI=1S/C17H27BrN2O/c1-13(2)19-10-15-8-9-16(21-15)12-20(3)11-14-6-4-5-7-17(14)18/h4-7,13,15-16,19H,8-12H2,1-3H3. The van der Waals surface area contributed by atoms with E-state index in [9.17, 15) is 0 Å². The maximum Gasteiger partial charge on any atom is 0.0707 e. The number of hydrogen-bond acceptors (Lipinski definition) is 3. The zero-order chi connectivity index (χ0) is 15.2. The molecule has 1 aliphatic rings. The topological polar surface area (TPSA) is 24.5 Å². The van der Waals surface area contributed by atoms with Gasteiger partial charge in [-0.2, -0.15) is 0 Å². The van der Waals surface area contributed by atoms with Gasteiger partial charge in [-0.3, -0.25) is 4.90 Å². The van der Waals surface area contributed by atoms with Crippen LogP contribution in [0, 0.1) is 0 Å².